The third kappa shape index (κ3) is 5.31. The molecule has 4 rings (SSSR count). The number of ether oxygens (including phenoxy) is 2. The lowest BCUT2D eigenvalue weighted by Gasteiger charge is -2.33. The fourth-order valence-electron chi connectivity index (χ4n) is 3.19. The van der Waals surface area contributed by atoms with E-state index in [-0.39, 0.29) is 18.4 Å². The quantitative estimate of drug-likeness (QED) is 0.530. The van der Waals surface area contributed by atoms with E-state index in [9.17, 15) is 9.59 Å². The number of hydrogen-bond acceptors (Lipinski definition) is 7. The molecule has 0 unspecified atom stereocenters. The highest BCUT2D eigenvalue weighted by atomic mass is 32.2. The van der Waals surface area contributed by atoms with Crippen LogP contribution in [-0.2, 0) is 14.3 Å². The van der Waals surface area contributed by atoms with Crippen LogP contribution < -0.4 is 10.1 Å². The molecule has 2 saturated heterocycles. The molecular formula is C22H21N3O4S2. The van der Waals surface area contributed by atoms with E-state index in [1.165, 1.54) is 11.8 Å². The summed E-state index contributed by atoms with van der Waals surface area (Å²) in [5.74, 6) is 0.0931. The number of anilines is 1. The zero-order valence-corrected chi connectivity index (χ0v) is 18.3. The minimum absolute atomic E-state index is 0.144. The molecule has 2 amide bonds. The van der Waals surface area contributed by atoms with Crippen molar-refractivity contribution in [1.29, 1.82) is 0 Å². The lowest BCUT2D eigenvalue weighted by atomic mass is 10.2. The van der Waals surface area contributed by atoms with Crippen LogP contribution in [0.3, 0.4) is 0 Å². The third-order valence-corrected chi connectivity index (χ3v) is 5.95. The van der Waals surface area contributed by atoms with Crippen LogP contribution in [0, 0.1) is 0 Å². The van der Waals surface area contributed by atoms with Gasteiger partial charge in [-0.25, -0.2) is 10.0 Å². The number of amides is 2. The van der Waals surface area contributed by atoms with E-state index in [1.807, 2.05) is 53.5 Å². The molecule has 2 aliphatic heterocycles. The Bertz CT molecular complexity index is 1010. The number of benzene rings is 2. The average molecular weight is 456 g/mol. The molecular weight excluding hydrogens is 434 g/mol. The molecule has 2 aromatic rings. The van der Waals surface area contributed by atoms with Crippen LogP contribution in [0.2, 0.25) is 0 Å². The number of nitrogens with one attached hydrogen (secondary N) is 1. The van der Waals surface area contributed by atoms with Crippen LogP contribution in [-0.4, -0.2) is 59.1 Å². The molecule has 0 aliphatic carbocycles. The number of thiocarbonyl (C=S) groups is 1. The summed E-state index contributed by atoms with van der Waals surface area (Å²) in [6.07, 6.45) is 1.75. The Labute approximate surface area is 190 Å². The maximum Gasteiger partial charge on any atom is 0.280 e. The fourth-order valence-corrected chi connectivity index (χ4v) is 4.49. The summed E-state index contributed by atoms with van der Waals surface area (Å²) in [5, 5.41) is 6.24. The van der Waals surface area contributed by atoms with Crippen molar-refractivity contribution >= 4 is 51.9 Å². The van der Waals surface area contributed by atoms with Crippen LogP contribution in [0.15, 0.2) is 59.5 Å². The highest BCUT2D eigenvalue weighted by Crippen LogP contribution is 2.35. The molecule has 1 N–H and O–H groups in total. The Morgan fingerprint density at radius 1 is 1.13 bits per heavy atom. The number of thioether (sulfide) groups is 1. The minimum Gasteiger partial charge on any atom is -0.483 e. The molecule has 0 spiro atoms. The van der Waals surface area contributed by atoms with Gasteiger partial charge in [-0.2, -0.15) is 0 Å². The predicted octanol–water partition coefficient (Wildman–Crippen LogP) is 3.15. The fraction of sp³-hybridized carbons (Fsp3) is 0.227. The number of para-hydroxylation sites is 2. The van der Waals surface area contributed by atoms with Crippen LogP contribution >= 0.6 is 24.0 Å². The molecule has 0 bridgehead atoms. The van der Waals surface area contributed by atoms with Crippen LogP contribution in [0.4, 0.5) is 5.69 Å². The van der Waals surface area contributed by atoms with Crippen molar-refractivity contribution in [2.75, 3.05) is 38.2 Å². The largest absolute Gasteiger partial charge is 0.483 e. The van der Waals surface area contributed by atoms with E-state index in [2.05, 4.69) is 5.32 Å². The summed E-state index contributed by atoms with van der Waals surface area (Å²) in [6.45, 7) is 2.23. The summed E-state index contributed by atoms with van der Waals surface area (Å²) in [4.78, 5) is 25.7. The van der Waals surface area contributed by atoms with Crippen molar-refractivity contribution in [3.05, 3.63) is 65.1 Å². The topological polar surface area (TPSA) is 71.1 Å². The number of hydrogen-bond donors (Lipinski definition) is 1. The van der Waals surface area contributed by atoms with E-state index >= 15 is 0 Å². The van der Waals surface area contributed by atoms with Crippen LogP contribution in [0.1, 0.15) is 5.56 Å². The second-order valence-electron chi connectivity index (χ2n) is 6.80. The number of morpholine rings is 1. The minimum atomic E-state index is -0.264. The van der Waals surface area contributed by atoms with Gasteiger partial charge in [-0.3, -0.25) is 9.59 Å². The van der Waals surface area contributed by atoms with Crippen molar-refractivity contribution in [3.8, 4) is 5.75 Å². The number of rotatable bonds is 6. The molecule has 2 aliphatic rings. The van der Waals surface area contributed by atoms with Crippen LogP contribution in [0.5, 0.6) is 5.75 Å². The summed E-state index contributed by atoms with van der Waals surface area (Å²) >= 11 is 6.69. The second-order valence-corrected chi connectivity index (χ2v) is 8.48. The maximum absolute atomic E-state index is 13.0. The molecule has 2 heterocycles. The molecule has 160 valence electrons. The van der Waals surface area contributed by atoms with Gasteiger partial charge in [0.2, 0.25) is 0 Å². The molecule has 31 heavy (non-hydrogen) atoms. The molecule has 9 heteroatoms. The zero-order valence-electron chi connectivity index (χ0n) is 16.7. The van der Waals surface area contributed by atoms with Gasteiger partial charge < -0.3 is 14.8 Å². The number of carbonyl (C=O) groups is 2. The van der Waals surface area contributed by atoms with Gasteiger partial charge >= 0.3 is 0 Å². The van der Waals surface area contributed by atoms with Crippen molar-refractivity contribution in [3.63, 3.8) is 0 Å². The lowest BCUT2D eigenvalue weighted by Crippen LogP contribution is -2.50. The standard InChI is InChI=1S/C22H21N3O4S2/c26-20(23-17-7-2-1-3-8-17)15-29-18-9-5-4-6-16(18)14-19-21(27)25(22(30)31-19)24-10-12-28-13-11-24/h1-9,14H,10-13,15H2,(H,23,26). The first-order valence-electron chi connectivity index (χ1n) is 9.79. The van der Waals surface area contributed by atoms with Crippen molar-refractivity contribution in [1.82, 2.24) is 10.0 Å². The Morgan fingerprint density at radius 3 is 2.61 bits per heavy atom. The lowest BCUT2D eigenvalue weighted by molar-refractivity contribution is -0.138. The van der Waals surface area contributed by atoms with Gasteiger partial charge in [0.05, 0.1) is 18.1 Å². The van der Waals surface area contributed by atoms with E-state index in [0.29, 0.717) is 52.5 Å². The number of carbonyl (C=O) groups excluding carboxylic acids is 2. The summed E-state index contributed by atoms with van der Waals surface area (Å²) in [7, 11) is 0. The Hall–Kier alpha value is -2.72. The Morgan fingerprint density at radius 2 is 1.84 bits per heavy atom. The summed E-state index contributed by atoms with van der Waals surface area (Å²) in [5.41, 5.74) is 1.41. The Balaban J connectivity index is 1.44. The summed E-state index contributed by atoms with van der Waals surface area (Å²) in [6, 6.07) is 16.5. The van der Waals surface area contributed by atoms with Gasteiger partial charge in [0.15, 0.2) is 10.9 Å². The first kappa shape index (κ1) is 21.5. The van der Waals surface area contributed by atoms with Crippen molar-refractivity contribution in [2.24, 2.45) is 0 Å². The average Bonchev–Trinajstić information content (AvgIpc) is 3.07. The van der Waals surface area contributed by atoms with Gasteiger partial charge in [0.25, 0.3) is 11.8 Å². The maximum atomic E-state index is 13.0. The molecule has 2 aromatic carbocycles. The molecule has 0 radical (unpaired) electrons. The smallest absolute Gasteiger partial charge is 0.280 e. The first-order valence-corrected chi connectivity index (χ1v) is 11.0. The van der Waals surface area contributed by atoms with Crippen LogP contribution in [0.25, 0.3) is 6.08 Å². The molecule has 0 aromatic heterocycles. The van der Waals surface area contributed by atoms with E-state index in [0.717, 1.165) is 0 Å². The van der Waals surface area contributed by atoms with E-state index in [1.54, 1.807) is 17.2 Å². The molecule has 0 saturated carbocycles. The van der Waals surface area contributed by atoms with Gasteiger partial charge in [0.1, 0.15) is 5.75 Å². The first-order chi connectivity index (χ1) is 15.1. The van der Waals surface area contributed by atoms with Gasteiger partial charge in [0, 0.05) is 24.3 Å². The van der Waals surface area contributed by atoms with Crippen molar-refractivity contribution < 1.29 is 19.1 Å². The van der Waals surface area contributed by atoms with E-state index in [4.69, 9.17) is 21.7 Å². The van der Waals surface area contributed by atoms with Gasteiger partial charge in [-0.05, 0) is 24.3 Å². The predicted molar refractivity (Wildman–Crippen MR) is 124 cm³/mol. The van der Waals surface area contributed by atoms with Crippen molar-refractivity contribution in [2.45, 2.75) is 0 Å². The number of hydrazine groups is 1. The third-order valence-electron chi connectivity index (χ3n) is 4.67. The SMILES string of the molecule is O=C(COc1ccccc1C=C1SC(=S)N(N2CCOCC2)C1=O)Nc1ccccc1. The Kier molecular flexibility index (Phi) is 6.98. The molecule has 7 nitrogen and oxygen atoms in total. The van der Waals surface area contributed by atoms with Gasteiger partial charge in [-0.1, -0.05) is 60.4 Å². The molecule has 2 fully saturated rings. The van der Waals surface area contributed by atoms with E-state index < -0.39 is 0 Å². The second kappa shape index (κ2) is 10.1. The number of nitrogens with zero attached hydrogens (tertiary/aromatic N) is 2. The summed E-state index contributed by atoms with van der Waals surface area (Å²) < 4.78 is 11.6. The highest BCUT2D eigenvalue weighted by molar-refractivity contribution is 8.26. The van der Waals surface area contributed by atoms with Gasteiger partial charge in [-0.15, -0.1) is 0 Å². The molecule has 0 atom stereocenters. The monoisotopic (exact) mass is 455 g/mol. The zero-order chi connectivity index (χ0) is 21.6. The highest BCUT2D eigenvalue weighted by Gasteiger charge is 2.37. The normalized spacial score (nSPS) is 18.5.